The largest absolute Gasteiger partial charge is 0.339 e. The molecule has 1 aliphatic heterocycles. The standard InChI is InChI=1S/C12H19N5O/c1-16-6-7-17(2)10(9-16)8-11-14-12(18-15-11)4-3-5-13/h10H,3-4,6-9H2,1-2H3. The molecule has 0 aliphatic carbocycles. The second kappa shape index (κ2) is 5.94. The quantitative estimate of drug-likeness (QED) is 0.765. The van der Waals surface area contributed by atoms with Crippen LogP contribution in [-0.2, 0) is 12.8 Å². The molecule has 2 heterocycles. The predicted octanol–water partition coefficient (Wildman–Crippen LogP) is 0.314. The van der Waals surface area contributed by atoms with E-state index in [1.807, 2.05) is 0 Å². The van der Waals surface area contributed by atoms with Crippen molar-refractivity contribution in [3.63, 3.8) is 0 Å². The maximum atomic E-state index is 8.51. The maximum absolute atomic E-state index is 8.51. The van der Waals surface area contributed by atoms with E-state index >= 15 is 0 Å². The molecule has 1 aliphatic rings. The number of aromatic nitrogens is 2. The van der Waals surface area contributed by atoms with Gasteiger partial charge in [0.1, 0.15) is 0 Å². The molecule has 1 aromatic heterocycles. The zero-order valence-electron chi connectivity index (χ0n) is 11.0. The molecule has 0 N–H and O–H groups in total. The van der Waals surface area contributed by atoms with E-state index in [1.54, 1.807) is 0 Å². The fraction of sp³-hybridized carbons (Fsp3) is 0.750. The van der Waals surface area contributed by atoms with E-state index in [0.717, 1.165) is 31.9 Å². The van der Waals surface area contributed by atoms with Gasteiger partial charge in [0.2, 0.25) is 5.89 Å². The van der Waals surface area contributed by atoms with E-state index in [-0.39, 0.29) is 0 Å². The number of rotatable bonds is 4. The molecule has 98 valence electrons. The summed E-state index contributed by atoms with van der Waals surface area (Å²) in [4.78, 5) is 8.99. The van der Waals surface area contributed by atoms with Crippen molar-refractivity contribution in [2.45, 2.75) is 25.3 Å². The second-order valence-corrected chi connectivity index (χ2v) is 4.86. The average Bonchev–Trinajstić information content (AvgIpc) is 2.79. The first kappa shape index (κ1) is 13.0. The van der Waals surface area contributed by atoms with Gasteiger partial charge in [-0.2, -0.15) is 10.2 Å². The first-order valence-electron chi connectivity index (χ1n) is 6.26. The molecule has 0 aromatic carbocycles. The van der Waals surface area contributed by atoms with Crippen LogP contribution in [0, 0.1) is 11.3 Å². The Hall–Kier alpha value is -1.45. The number of aryl methyl sites for hydroxylation is 1. The zero-order valence-corrected chi connectivity index (χ0v) is 11.0. The predicted molar refractivity (Wildman–Crippen MR) is 65.9 cm³/mol. The van der Waals surface area contributed by atoms with Crippen LogP contribution in [0.3, 0.4) is 0 Å². The van der Waals surface area contributed by atoms with Crippen molar-refractivity contribution < 1.29 is 4.52 Å². The van der Waals surface area contributed by atoms with Crippen molar-refractivity contribution in [1.82, 2.24) is 19.9 Å². The molecule has 6 nitrogen and oxygen atoms in total. The zero-order chi connectivity index (χ0) is 13.0. The van der Waals surface area contributed by atoms with Gasteiger partial charge in [-0.25, -0.2) is 0 Å². The summed E-state index contributed by atoms with van der Waals surface area (Å²) in [6.45, 7) is 3.20. The number of piperazine rings is 1. The summed E-state index contributed by atoms with van der Waals surface area (Å²) in [5.41, 5.74) is 0. The fourth-order valence-electron chi connectivity index (χ4n) is 2.17. The number of likely N-dealkylation sites (N-methyl/N-ethyl adjacent to an activating group) is 2. The van der Waals surface area contributed by atoms with Crippen LogP contribution in [0.5, 0.6) is 0 Å². The normalized spacial score (nSPS) is 21.9. The minimum Gasteiger partial charge on any atom is -0.339 e. The lowest BCUT2D eigenvalue weighted by molar-refractivity contribution is 0.113. The number of nitriles is 1. The first-order chi connectivity index (χ1) is 8.69. The number of hydrogen-bond acceptors (Lipinski definition) is 6. The van der Waals surface area contributed by atoms with E-state index in [2.05, 4.69) is 40.1 Å². The van der Waals surface area contributed by atoms with Crippen molar-refractivity contribution >= 4 is 0 Å². The molecule has 0 saturated carbocycles. The van der Waals surface area contributed by atoms with Crippen molar-refractivity contribution in [2.24, 2.45) is 0 Å². The van der Waals surface area contributed by atoms with Crippen LogP contribution < -0.4 is 0 Å². The molecule has 0 spiro atoms. The third kappa shape index (κ3) is 3.28. The van der Waals surface area contributed by atoms with Gasteiger partial charge in [-0.05, 0) is 14.1 Å². The summed E-state index contributed by atoms with van der Waals surface area (Å²) < 4.78 is 5.13. The van der Waals surface area contributed by atoms with E-state index in [9.17, 15) is 0 Å². The van der Waals surface area contributed by atoms with Gasteiger partial charge < -0.3 is 14.3 Å². The molecule has 1 unspecified atom stereocenters. The fourth-order valence-corrected chi connectivity index (χ4v) is 2.17. The van der Waals surface area contributed by atoms with Crippen molar-refractivity contribution in [2.75, 3.05) is 33.7 Å². The highest BCUT2D eigenvalue weighted by atomic mass is 16.5. The Labute approximate surface area is 107 Å². The Balaban J connectivity index is 1.92. The van der Waals surface area contributed by atoms with Crippen LogP contribution in [0.2, 0.25) is 0 Å². The van der Waals surface area contributed by atoms with Crippen LogP contribution in [0.1, 0.15) is 18.1 Å². The van der Waals surface area contributed by atoms with Gasteiger partial charge in [-0.3, -0.25) is 0 Å². The van der Waals surface area contributed by atoms with Crippen molar-refractivity contribution in [3.05, 3.63) is 11.7 Å². The number of hydrogen-bond donors (Lipinski definition) is 0. The molecule has 1 fully saturated rings. The van der Waals surface area contributed by atoms with Crippen molar-refractivity contribution in [3.8, 4) is 6.07 Å². The van der Waals surface area contributed by atoms with Crippen LogP contribution in [0.15, 0.2) is 4.52 Å². The average molecular weight is 249 g/mol. The van der Waals surface area contributed by atoms with Crippen molar-refractivity contribution in [1.29, 1.82) is 5.26 Å². The highest BCUT2D eigenvalue weighted by Gasteiger charge is 2.24. The lowest BCUT2D eigenvalue weighted by Gasteiger charge is -2.37. The van der Waals surface area contributed by atoms with Crippen LogP contribution in [-0.4, -0.2) is 59.7 Å². The van der Waals surface area contributed by atoms with Gasteiger partial charge in [0.15, 0.2) is 5.82 Å². The summed E-state index contributed by atoms with van der Waals surface area (Å²) >= 11 is 0. The highest BCUT2D eigenvalue weighted by molar-refractivity contribution is 4.94. The summed E-state index contributed by atoms with van der Waals surface area (Å²) in [6.07, 6.45) is 1.77. The first-order valence-corrected chi connectivity index (χ1v) is 6.26. The molecular formula is C12H19N5O. The minimum atomic E-state index is 0.424. The summed E-state index contributed by atoms with van der Waals surface area (Å²) in [7, 11) is 4.27. The molecule has 1 aromatic rings. The molecule has 0 radical (unpaired) electrons. The molecular weight excluding hydrogens is 230 g/mol. The summed E-state index contributed by atoms with van der Waals surface area (Å²) in [5, 5.41) is 12.5. The van der Waals surface area contributed by atoms with Gasteiger partial charge in [0.05, 0.1) is 6.07 Å². The van der Waals surface area contributed by atoms with E-state index in [1.165, 1.54) is 0 Å². The molecule has 0 amide bonds. The second-order valence-electron chi connectivity index (χ2n) is 4.86. The van der Waals surface area contributed by atoms with E-state index in [0.29, 0.717) is 24.8 Å². The van der Waals surface area contributed by atoms with Gasteiger partial charge in [-0.1, -0.05) is 5.16 Å². The lowest BCUT2D eigenvalue weighted by atomic mass is 10.1. The highest BCUT2D eigenvalue weighted by Crippen LogP contribution is 2.11. The SMILES string of the molecule is CN1CCN(C)C(Cc2noc(CCC#N)n2)C1. The lowest BCUT2D eigenvalue weighted by Crippen LogP contribution is -2.50. The molecule has 2 rings (SSSR count). The third-order valence-electron chi connectivity index (χ3n) is 3.36. The molecule has 1 atom stereocenters. The van der Waals surface area contributed by atoms with Crippen LogP contribution >= 0.6 is 0 Å². The third-order valence-corrected chi connectivity index (χ3v) is 3.36. The van der Waals surface area contributed by atoms with Gasteiger partial charge >= 0.3 is 0 Å². The Morgan fingerprint density at radius 2 is 2.28 bits per heavy atom. The molecule has 0 bridgehead atoms. The Morgan fingerprint density at radius 1 is 1.44 bits per heavy atom. The Bertz CT molecular complexity index is 424. The van der Waals surface area contributed by atoms with E-state index in [4.69, 9.17) is 9.78 Å². The van der Waals surface area contributed by atoms with Gasteiger partial charge in [0, 0.05) is 44.9 Å². The Morgan fingerprint density at radius 3 is 3.06 bits per heavy atom. The number of nitrogens with zero attached hydrogens (tertiary/aromatic N) is 5. The van der Waals surface area contributed by atoms with Gasteiger partial charge in [-0.15, -0.1) is 0 Å². The summed E-state index contributed by atoms with van der Waals surface area (Å²) in [5.74, 6) is 1.31. The monoisotopic (exact) mass is 249 g/mol. The van der Waals surface area contributed by atoms with Crippen LogP contribution in [0.4, 0.5) is 0 Å². The molecule has 1 saturated heterocycles. The van der Waals surface area contributed by atoms with Crippen LogP contribution in [0.25, 0.3) is 0 Å². The molecule has 18 heavy (non-hydrogen) atoms. The maximum Gasteiger partial charge on any atom is 0.227 e. The minimum absolute atomic E-state index is 0.424. The summed E-state index contributed by atoms with van der Waals surface area (Å²) in [6, 6.07) is 2.51. The Kier molecular flexibility index (Phi) is 4.28. The molecule has 6 heteroatoms. The smallest absolute Gasteiger partial charge is 0.227 e. The topological polar surface area (TPSA) is 69.2 Å². The van der Waals surface area contributed by atoms with Gasteiger partial charge in [0.25, 0.3) is 0 Å². The van der Waals surface area contributed by atoms with E-state index < -0.39 is 0 Å².